The van der Waals surface area contributed by atoms with E-state index in [2.05, 4.69) is 15.9 Å². The van der Waals surface area contributed by atoms with Gasteiger partial charge in [-0.15, -0.1) is 0 Å². The Morgan fingerprint density at radius 1 is 1.54 bits per heavy atom. The van der Waals surface area contributed by atoms with Crippen molar-refractivity contribution in [3.63, 3.8) is 0 Å². The van der Waals surface area contributed by atoms with Crippen molar-refractivity contribution in [1.82, 2.24) is 0 Å². The number of rotatable bonds is 2. The molecule has 3 nitrogen and oxygen atoms in total. The Labute approximate surface area is 83.1 Å². The molecule has 0 bridgehead atoms. The van der Waals surface area contributed by atoms with E-state index in [0.717, 1.165) is 12.1 Å². The standard InChI is InChI=1S/C8H9BrFNO2/c9-6-2-4(10)1-5(8(6)13)7(12)3-11/h1-2,7,12-13H,3,11H2. The molecule has 0 radical (unpaired) electrons. The van der Waals surface area contributed by atoms with Crippen molar-refractivity contribution in [3.8, 4) is 5.75 Å². The van der Waals surface area contributed by atoms with Gasteiger partial charge in [0.2, 0.25) is 0 Å². The van der Waals surface area contributed by atoms with E-state index in [0.29, 0.717) is 0 Å². The van der Waals surface area contributed by atoms with E-state index in [1.54, 1.807) is 0 Å². The van der Waals surface area contributed by atoms with Gasteiger partial charge in [-0.3, -0.25) is 0 Å². The van der Waals surface area contributed by atoms with Crippen LogP contribution in [0, 0.1) is 5.82 Å². The first-order chi connectivity index (χ1) is 6.06. The maximum absolute atomic E-state index is 12.8. The second-order valence-electron chi connectivity index (χ2n) is 2.58. The fraction of sp³-hybridized carbons (Fsp3) is 0.250. The van der Waals surface area contributed by atoms with Crippen LogP contribution in [-0.4, -0.2) is 16.8 Å². The highest BCUT2D eigenvalue weighted by Gasteiger charge is 2.14. The zero-order valence-electron chi connectivity index (χ0n) is 6.67. The van der Waals surface area contributed by atoms with Gasteiger partial charge in [-0.25, -0.2) is 4.39 Å². The number of hydrogen-bond acceptors (Lipinski definition) is 3. The highest BCUT2D eigenvalue weighted by Crippen LogP contribution is 2.32. The van der Waals surface area contributed by atoms with Crippen LogP contribution in [0.25, 0.3) is 0 Å². The Morgan fingerprint density at radius 2 is 2.15 bits per heavy atom. The lowest BCUT2D eigenvalue weighted by Gasteiger charge is -2.11. The van der Waals surface area contributed by atoms with Crippen molar-refractivity contribution >= 4 is 15.9 Å². The molecule has 0 aliphatic rings. The van der Waals surface area contributed by atoms with Crippen molar-refractivity contribution in [2.75, 3.05) is 6.54 Å². The summed E-state index contributed by atoms with van der Waals surface area (Å²) in [5, 5.41) is 18.7. The lowest BCUT2D eigenvalue weighted by Crippen LogP contribution is -2.12. The number of aromatic hydroxyl groups is 1. The SMILES string of the molecule is NCC(O)c1cc(F)cc(Br)c1O. The zero-order chi connectivity index (χ0) is 10.0. The molecular weight excluding hydrogens is 241 g/mol. The second kappa shape index (κ2) is 4.04. The Kier molecular flexibility index (Phi) is 3.24. The lowest BCUT2D eigenvalue weighted by atomic mass is 10.1. The van der Waals surface area contributed by atoms with Gasteiger partial charge in [-0.05, 0) is 28.1 Å². The molecule has 13 heavy (non-hydrogen) atoms. The molecule has 1 aromatic rings. The van der Waals surface area contributed by atoms with Crippen LogP contribution in [0.5, 0.6) is 5.75 Å². The summed E-state index contributed by atoms with van der Waals surface area (Å²) in [5.41, 5.74) is 5.27. The molecule has 0 fully saturated rings. The third-order valence-electron chi connectivity index (χ3n) is 1.64. The Bertz CT molecular complexity index is 319. The first-order valence-electron chi connectivity index (χ1n) is 3.62. The summed E-state index contributed by atoms with van der Waals surface area (Å²) in [6.07, 6.45) is -1.05. The van der Waals surface area contributed by atoms with Crippen LogP contribution in [0.2, 0.25) is 0 Å². The molecule has 0 aliphatic carbocycles. The molecule has 4 N–H and O–H groups in total. The summed E-state index contributed by atoms with van der Waals surface area (Å²) < 4.78 is 13.0. The molecule has 0 spiro atoms. The molecule has 0 heterocycles. The van der Waals surface area contributed by atoms with Crippen LogP contribution in [0.15, 0.2) is 16.6 Å². The topological polar surface area (TPSA) is 66.5 Å². The summed E-state index contributed by atoms with van der Waals surface area (Å²) in [6.45, 7) is -0.0660. The van der Waals surface area contributed by atoms with Crippen LogP contribution in [0.4, 0.5) is 4.39 Å². The summed E-state index contributed by atoms with van der Waals surface area (Å²) >= 11 is 2.95. The number of aliphatic hydroxyl groups is 1. The van der Waals surface area contributed by atoms with Gasteiger partial charge in [0.15, 0.2) is 0 Å². The van der Waals surface area contributed by atoms with Crippen molar-refractivity contribution < 1.29 is 14.6 Å². The minimum absolute atomic E-state index is 0.0660. The fourth-order valence-electron chi connectivity index (χ4n) is 0.967. The quantitative estimate of drug-likeness (QED) is 0.740. The predicted molar refractivity (Wildman–Crippen MR) is 49.8 cm³/mol. The highest BCUT2D eigenvalue weighted by molar-refractivity contribution is 9.10. The van der Waals surface area contributed by atoms with E-state index in [4.69, 9.17) is 5.73 Å². The molecule has 0 saturated carbocycles. The van der Waals surface area contributed by atoms with Gasteiger partial charge in [0.1, 0.15) is 11.6 Å². The minimum atomic E-state index is -1.05. The normalized spacial score (nSPS) is 12.9. The van der Waals surface area contributed by atoms with Gasteiger partial charge in [-0.1, -0.05) is 0 Å². The molecule has 0 aromatic heterocycles. The smallest absolute Gasteiger partial charge is 0.135 e. The van der Waals surface area contributed by atoms with Crippen LogP contribution >= 0.6 is 15.9 Å². The predicted octanol–water partition coefficient (Wildman–Crippen LogP) is 1.29. The van der Waals surface area contributed by atoms with Crippen LogP contribution in [0.1, 0.15) is 11.7 Å². The van der Waals surface area contributed by atoms with Gasteiger partial charge >= 0.3 is 0 Å². The molecule has 0 aliphatic heterocycles. The molecule has 0 saturated heterocycles. The number of benzene rings is 1. The molecule has 72 valence electrons. The fourth-order valence-corrected chi connectivity index (χ4v) is 1.41. The Balaban J connectivity index is 3.20. The molecular formula is C8H9BrFNO2. The van der Waals surface area contributed by atoms with Crippen LogP contribution < -0.4 is 5.73 Å². The van der Waals surface area contributed by atoms with E-state index in [1.165, 1.54) is 0 Å². The molecule has 1 rings (SSSR count). The summed E-state index contributed by atoms with van der Waals surface area (Å²) in [7, 11) is 0. The summed E-state index contributed by atoms with van der Waals surface area (Å²) in [6, 6.07) is 2.17. The minimum Gasteiger partial charge on any atom is -0.506 e. The monoisotopic (exact) mass is 249 g/mol. The third kappa shape index (κ3) is 2.18. The molecule has 0 amide bonds. The van der Waals surface area contributed by atoms with Crippen LogP contribution in [-0.2, 0) is 0 Å². The molecule has 1 atom stereocenters. The third-order valence-corrected chi connectivity index (χ3v) is 2.24. The first kappa shape index (κ1) is 10.4. The number of phenols is 1. The summed E-state index contributed by atoms with van der Waals surface area (Å²) in [4.78, 5) is 0. The number of hydrogen-bond donors (Lipinski definition) is 3. The summed E-state index contributed by atoms with van der Waals surface area (Å²) in [5.74, 6) is -0.716. The highest BCUT2D eigenvalue weighted by atomic mass is 79.9. The van der Waals surface area contributed by atoms with Crippen molar-refractivity contribution in [3.05, 3.63) is 28.0 Å². The Hall–Kier alpha value is -0.650. The van der Waals surface area contributed by atoms with E-state index in [-0.39, 0.29) is 22.3 Å². The second-order valence-corrected chi connectivity index (χ2v) is 3.43. The largest absolute Gasteiger partial charge is 0.506 e. The zero-order valence-corrected chi connectivity index (χ0v) is 8.25. The van der Waals surface area contributed by atoms with Crippen molar-refractivity contribution in [2.45, 2.75) is 6.10 Å². The van der Waals surface area contributed by atoms with E-state index >= 15 is 0 Å². The number of phenolic OH excluding ortho intramolecular Hbond substituents is 1. The number of halogens is 2. The average Bonchev–Trinajstić information content (AvgIpc) is 2.10. The van der Waals surface area contributed by atoms with E-state index in [1.807, 2.05) is 0 Å². The van der Waals surface area contributed by atoms with Gasteiger partial charge in [0.25, 0.3) is 0 Å². The molecule has 1 unspecified atom stereocenters. The maximum atomic E-state index is 12.8. The van der Waals surface area contributed by atoms with Gasteiger partial charge in [0.05, 0.1) is 10.6 Å². The number of nitrogens with two attached hydrogens (primary N) is 1. The van der Waals surface area contributed by atoms with Gasteiger partial charge in [0, 0.05) is 12.1 Å². The average molecular weight is 250 g/mol. The van der Waals surface area contributed by atoms with Crippen molar-refractivity contribution in [2.24, 2.45) is 5.73 Å². The molecule has 1 aromatic carbocycles. The van der Waals surface area contributed by atoms with Gasteiger partial charge in [-0.2, -0.15) is 0 Å². The lowest BCUT2D eigenvalue weighted by molar-refractivity contribution is 0.182. The van der Waals surface area contributed by atoms with Gasteiger partial charge < -0.3 is 15.9 Å². The first-order valence-corrected chi connectivity index (χ1v) is 4.41. The Morgan fingerprint density at radius 3 is 2.69 bits per heavy atom. The van der Waals surface area contributed by atoms with E-state index in [9.17, 15) is 14.6 Å². The maximum Gasteiger partial charge on any atom is 0.135 e. The number of aliphatic hydroxyl groups excluding tert-OH is 1. The molecule has 5 heteroatoms. The van der Waals surface area contributed by atoms with Crippen molar-refractivity contribution in [1.29, 1.82) is 0 Å². The van der Waals surface area contributed by atoms with Crippen LogP contribution in [0.3, 0.4) is 0 Å². The van der Waals surface area contributed by atoms with E-state index < -0.39 is 11.9 Å².